The summed E-state index contributed by atoms with van der Waals surface area (Å²) in [5, 5.41) is 3.71. The standard InChI is InChI=1S/C32H26F2N4O3/c1-19(39)27-17-38(29-10-3-2-8-26(27)29)18-30(40)37-28(14-20-12-23(33)16-24(34)13-20)31-25(9-5-11-36-31)21-6-4-7-22(15-21)32(35)41/h2-13,15-17,28H,14,18H2,1H3,(H2,35,41)(H,37,40). The first kappa shape index (κ1) is 27.4. The maximum atomic E-state index is 14.1. The van der Waals surface area contributed by atoms with Gasteiger partial charge in [-0.2, -0.15) is 0 Å². The summed E-state index contributed by atoms with van der Waals surface area (Å²) in [6, 6.07) is 19.9. The van der Waals surface area contributed by atoms with E-state index in [1.54, 1.807) is 53.4 Å². The number of nitrogens with zero attached hydrogens (tertiary/aromatic N) is 2. The lowest BCUT2D eigenvalue weighted by molar-refractivity contribution is -0.122. The van der Waals surface area contributed by atoms with E-state index in [9.17, 15) is 23.2 Å². The van der Waals surface area contributed by atoms with Gasteiger partial charge in [0.15, 0.2) is 5.78 Å². The molecule has 3 aromatic carbocycles. The summed E-state index contributed by atoms with van der Waals surface area (Å²) in [6.45, 7) is 1.36. The molecule has 41 heavy (non-hydrogen) atoms. The van der Waals surface area contributed by atoms with Crippen LogP contribution in [0.2, 0.25) is 0 Å². The van der Waals surface area contributed by atoms with E-state index in [2.05, 4.69) is 10.3 Å². The zero-order valence-electron chi connectivity index (χ0n) is 22.1. The van der Waals surface area contributed by atoms with Gasteiger partial charge in [0.2, 0.25) is 11.8 Å². The molecule has 0 fully saturated rings. The zero-order valence-corrected chi connectivity index (χ0v) is 22.1. The van der Waals surface area contributed by atoms with Crippen LogP contribution in [0.1, 0.15) is 44.9 Å². The van der Waals surface area contributed by atoms with Crippen LogP contribution in [-0.2, 0) is 17.8 Å². The Morgan fingerprint density at radius 3 is 2.44 bits per heavy atom. The van der Waals surface area contributed by atoms with E-state index in [0.717, 1.165) is 17.0 Å². The molecule has 0 aliphatic carbocycles. The van der Waals surface area contributed by atoms with Gasteiger partial charge in [-0.05, 0) is 60.9 Å². The van der Waals surface area contributed by atoms with Gasteiger partial charge >= 0.3 is 0 Å². The Morgan fingerprint density at radius 1 is 0.951 bits per heavy atom. The van der Waals surface area contributed by atoms with Gasteiger partial charge in [0, 0.05) is 46.1 Å². The Morgan fingerprint density at radius 2 is 1.71 bits per heavy atom. The Balaban J connectivity index is 1.53. The van der Waals surface area contributed by atoms with E-state index in [0.29, 0.717) is 33.5 Å². The summed E-state index contributed by atoms with van der Waals surface area (Å²) in [5.74, 6) is -2.60. The number of rotatable bonds is 9. The van der Waals surface area contributed by atoms with Crippen LogP contribution >= 0.6 is 0 Å². The van der Waals surface area contributed by atoms with Crippen molar-refractivity contribution in [3.63, 3.8) is 0 Å². The number of Topliss-reactive ketones (excluding diaryl/α,β-unsaturated/α-hetero) is 1. The molecule has 0 aliphatic heterocycles. The number of para-hydroxylation sites is 1. The van der Waals surface area contributed by atoms with Crippen molar-refractivity contribution in [1.82, 2.24) is 14.9 Å². The Hall–Kier alpha value is -5.18. The summed E-state index contributed by atoms with van der Waals surface area (Å²) >= 11 is 0. The molecule has 0 spiro atoms. The molecule has 0 bridgehead atoms. The van der Waals surface area contributed by atoms with Gasteiger partial charge in [0.25, 0.3) is 0 Å². The Bertz CT molecular complexity index is 1780. The van der Waals surface area contributed by atoms with Gasteiger partial charge in [0.1, 0.15) is 18.2 Å². The van der Waals surface area contributed by atoms with Crippen molar-refractivity contribution < 1.29 is 23.2 Å². The number of fused-ring (bicyclic) bond motifs is 1. The first-order valence-electron chi connectivity index (χ1n) is 12.9. The topological polar surface area (TPSA) is 107 Å². The molecule has 2 heterocycles. The number of carbonyl (C=O) groups is 3. The molecule has 1 atom stereocenters. The molecule has 0 saturated heterocycles. The molecule has 2 amide bonds. The average Bonchev–Trinajstić information content (AvgIpc) is 3.31. The van der Waals surface area contributed by atoms with E-state index >= 15 is 0 Å². The van der Waals surface area contributed by atoms with Crippen molar-refractivity contribution >= 4 is 28.5 Å². The first-order valence-corrected chi connectivity index (χ1v) is 12.9. The lowest BCUT2D eigenvalue weighted by atomic mass is 9.94. The fraction of sp³-hybridized carbons (Fsp3) is 0.125. The second kappa shape index (κ2) is 11.5. The maximum Gasteiger partial charge on any atom is 0.248 e. The van der Waals surface area contributed by atoms with Gasteiger partial charge in [-0.1, -0.05) is 36.4 Å². The maximum absolute atomic E-state index is 14.1. The third-order valence-electron chi connectivity index (χ3n) is 6.81. The highest BCUT2D eigenvalue weighted by Crippen LogP contribution is 2.30. The summed E-state index contributed by atoms with van der Waals surface area (Å²) < 4.78 is 29.9. The third kappa shape index (κ3) is 6.04. The van der Waals surface area contributed by atoms with Crippen LogP contribution in [0.3, 0.4) is 0 Å². The smallest absolute Gasteiger partial charge is 0.248 e. The molecule has 5 aromatic rings. The van der Waals surface area contributed by atoms with Crippen LogP contribution in [0, 0.1) is 11.6 Å². The molecular weight excluding hydrogens is 526 g/mol. The minimum Gasteiger partial charge on any atom is -0.366 e. The van der Waals surface area contributed by atoms with Gasteiger partial charge in [0.05, 0.1) is 11.7 Å². The van der Waals surface area contributed by atoms with Crippen LogP contribution in [-0.4, -0.2) is 27.1 Å². The molecule has 0 radical (unpaired) electrons. The second-order valence-electron chi connectivity index (χ2n) is 9.73. The molecule has 9 heteroatoms. The van der Waals surface area contributed by atoms with E-state index in [-0.39, 0.29) is 18.7 Å². The number of amides is 2. The number of ketones is 1. The summed E-state index contributed by atoms with van der Waals surface area (Å²) in [6.07, 6.45) is 3.23. The van der Waals surface area contributed by atoms with Crippen LogP contribution in [0.25, 0.3) is 22.0 Å². The number of carbonyl (C=O) groups excluding carboxylic acids is 3. The van der Waals surface area contributed by atoms with Crippen LogP contribution in [0.4, 0.5) is 8.78 Å². The molecular formula is C32H26F2N4O3. The normalized spacial score (nSPS) is 11.8. The number of halogens is 2. The van der Waals surface area contributed by atoms with Gasteiger partial charge < -0.3 is 15.6 Å². The van der Waals surface area contributed by atoms with Crippen molar-refractivity contribution in [2.45, 2.75) is 25.9 Å². The monoisotopic (exact) mass is 552 g/mol. The minimum absolute atomic E-state index is 0.0328. The highest BCUT2D eigenvalue weighted by Gasteiger charge is 2.23. The van der Waals surface area contributed by atoms with E-state index in [4.69, 9.17) is 5.73 Å². The van der Waals surface area contributed by atoms with Crippen LogP contribution < -0.4 is 11.1 Å². The number of nitrogens with two attached hydrogens (primary N) is 1. The van der Waals surface area contributed by atoms with Gasteiger partial charge in [-0.3, -0.25) is 19.4 Å². The number of primary amides is 1. The molecule has 1 unspecified atom stereocenters. The first-order chi connectivity index (χ1) is 19.7. The molecule has 2 aromatic heterocycles. The molecule has 0 aliphatic rings. The number of aromatic nitrogens is 2. The van der Waals surface area contributed by atoms with Crippen LogP contribution in [0.15, 0.2) is 91.3 Å². The highest BCUT2D eigenvalue weighted by atomic mass is 19.1. The van der Waals surface area contributed by atoms with Gasteiger partial charge in [-0.15, -0.1) is 0 Å². The predicted molar refractivity (Wildman–Crippen MR) is 151 cm³/mol. The van der Waals surface area contributed by atoms with Gasteiger partial charge in [-0.25, -0.2) is 8.78 Å². The van der Waals surface area contributed by atoms with Crippen molar-refractivity contribution in [2.75, 3.05) is 0 Å². The lowest BCUT2D eigenvalue weighted by Gasteiger charge is -2.22. The van der Waals surface area contributed by atoms with Crippen molar-refractivity contribution in [1.29, 1.82) is 0 Å². The number of hydrogen-bond donors (Lipinski definition) is 2. The summed E-state index contributed by atoms with van der Waals surface area (Å²) in [4.78, 5) is 42.0. The second-order valence-corrected chi connectivity index (χ2v) is 9.73. The lowest BCUT2D eigenvalue weighted by Crippen LogP contribution is -2.33. The van der Waals surface area contributed by atoms with Crippen molar-refractivity contribution in [3.05, 3.63) is 125 Å². The zero-order chi connectivity index (χ0) is 29.1. The Kier molecular flexibility index (Phi) is 7.69. The SMILES string of the molecule is CC(=O)c1cn(CC(=O)NC(Cc2cc(F)cc(F)c2)c2ncccc2-c2cccc(C(N)=O)c2)c2ccccc12. The number of hydrogen-bond acceptors (Lipinski definition) is 4. The number of nitrogens with one attached hydrogen (secondary N) is 1. The highest BCUT2D eigenvalue weighted by molar-refractivity contribution is 6.07. The molecule has 206 valence electrons. The summed E-state index contributed by atoms with van der Waals surface area (Å²) in [5.41, 5.74) is 9.01. The average molecular weight is 553 g/mol. The quantitative estimate of drug-likeness (QED) is 0.239. The largest absolute Gasteiger partial charge is 0.366 e. The minimum atomic E-state index is -0.800. The third-order valence-corrected chi connectivity index (χ3v) is 6.81. The molecule has 3 N–H and O–H groups in total. The summed E-state index contributed by atoms with van der Waals surface area (Å²) in [7, 11) is 0. The molecule has 0 saturated carbocycles. The van der Waals surface area contributed by atoms with Crippen molar-refractivity contribution in [3.8, 4) is 11.1 Å². The van der Waals surface area contributed by atoms with E-state index in [1.165, 1.54) is 19.1 Å². The molecule has 5 rings (SSSR count). The van der Waals surface area contributed by atoms with E-state index < -0.39 is 29.5 Å². The molecule has 7 nitrogen and oxygen atoms in total. The van der Waals surface area contributed by atoms with E-state index in [1.807, 2.05) is 24.3 Å². The van der Waals surface area contributed by atoms with Crippen LogP contribution in [0.5, 0.6) is 0 Å². The Labute approximate surface area is 234 Å². The number of pyridine rings is 1. The number of benzene rings is 3. The fourth-order valence-corrected chi connectivity index (χ4v) is 5.01. The fourth-order valence-electron chi connectivity index (χ4n) is 5.01. The predicted octanol–water partition coefficient (Wildman–Crippen LogP) is 5.38. The van der Waals surface area contributed by atoms with Crippen molar-refractivity contribution in [2.24, 2.45) is 5.73 Å².